The van der Waals surface area contributed by atoms with Gasteiger partial charge in [-0.25, -0.2) is 0 Å². The van der Waals surface area contributed by atoms with E-state index in [0.717, 1.165) is 0 Å². The van der Waals surface area contributed by atoms with Gasteiger partial charge in [0, 0.05) is 24.5 Å². The van der Waals surface area contributed by atoms with Crippen LogP contribution < -0.4 is 20.1 Å². The van der Waals surface area contributed by atoms with E-state index in [1.165, 1.54) is 7.11 Å². The molecule has 1 fully saturated rings. The first-order valence-corrected chi connectivity index (χ1v) is 11.8. The lowest BCUT2D eigenvalue weighted by atomic mass is 9.94. The van der Waals surface area contributed by atoms with Crippen LogP contribution in [0.2, 0.25) is 0 Å². The Labute approximate surface area is 213 Å². The summed E-state index contributed by atoms with van der Waals surface area (Å²) < 4.78 is 18.2. The van der Waals surface area contributed by atoms with Gasteiger partial charge in [0.1, 0.15) is 6.04 Å². The van der Waals surface area contributed by atoms with Crippen LogP contribution in [-0.2, 0) is 14.3 Å². The van der Waals surface area contributed by atoms with Crippen molar-refractivity contribution in [2.75, 3.05) is 50.7 Å². The van der Waals surface area contributed by atoms with Crippen molar-refractivity contribution in [3.8, 4) is 11.5 Å². The van der Waals surface area contributed by atoms with E-state index in [9.17, 15) is 9.59 Å². The molecule has 1 aromatic heterocycles. The number of ether oxygens (including phenoxy) is 3. The highest BCUT2D eigenvalue weighted by molar-refractivity contribution is 6.06. The zero-order valence-corrected chi connectivity index (χ0v) is 20.5. The van der Waals surface area contributed by atoms with Crippen LogP contribution in [0.15, 0.2) is 59.8 Å². The van der Waals surface area contributed by atoms with Gasteiger partial charge in [0.05, 0.1) is 25.9 Å². The van der Waals surface area contributed by atoms with Gasteiger partial charge in [-0.3, -0.25) is 9.59 Å². The van der Waals surface area contributed by atoms with Crippen LogP contribution in [0, 0.1) is 0 Å². The van der Waals surface area contributed by atoms with Crippen molar-refractivity contribution in [2.24, 2.45) is 0 Å². The molecule has 0 radical (unpaired) electrons. The minimum atomic E-state index is -0.632. The molecule has 1 unspecified atom stereocenters. The molecule has 0 bridgehead atoms. The Morgan fingerprint density at radius 3 is 2.68 bits per heavy atom. The fraction of sp³-hybridized carbons (Fsp3) is 0.320. The van der Waals surface area contributed by atoms with E-state index in [1.807, 2.05) is 36.4 Å². The summed E-state index contributed by atoms with van der Waals surface area (Å²) in [7, 11) is 1.52. The summed E-state index contributed by atoms with van der Waals surface area (Å²) in [4.78, 5) is 27.7. The molecule has 37 heavy (non-hydrogen) atoms. The first-order valence-electron chi connectivity index (χ1n) is 11.8. The van der Waals surface area contributed by atoms with Crippen LogP contribution in [0.3, 0.4) is 0 Å². The number of morpholine rings is 1. The quantitative estimate of drug-likeness (QED) is 0.494. The van der Waals surface area contributed by atoms with Crippen LogP contribution in [0.1, 0.15) is 18.5 Å². The van der Waals surface area contributed by atoms with Gasteiger partial charge in [-0.2, -0.15) is 4.68 Å². The number of amides is 2. The molecule has 2 amide bonds. The second-order valence-electron chi connectivity index (χ2n) is 8.53. The number of para-hydroxylation sites is 1. The third kappa shape index (κ3) is 5.09. The summed E-state index contributed by atoms with van der Waals surface area (Å²) in [5.41, 5.74) is 2.44. The molecule has 12 nitrogen and oxygen atoms in total. The molecule has 2 aliphatic heterocycles. The van der Waals surface area contributed by atoms with Gasteiger partial charge < -0.3 is 29.7 Å². The lowest BCUT2D eigenvalue weighted by Crippen LogP contribution is -2.43. The Morgan fingerprint density at radius 1 is 1.14 bits per heavy atom. The van der Waals surface area contributed by atoms with E-state index in [2.05, 4.69) is 26.2 Å². The van der Waals surface area contributed by atoms with E-state index >= 15 is 0 Å². The molecule has 0 aliphatic carbocycles. The van der Waals surface area contributed by atoms with Crippen LogP contribution in [0.4, 0.5) is 11.6 Å². The third-order valence-corrected chi connectivity index (χ3v) is 6.21. The van der Waals surface area contributed by atoms with Gasteiger partial charge in [-0.05, 0) is 47.2 Å². The molecule has 2 aliphatic rings. The number of methoxy groups -OCH3 is 1. The molecule has 1 atom stereocenters. The summed E-state index contributed by atoms with van der Waals surface area (Å²) >= 11 is 0. The van der Waals surface area contributed by atoms with Crippen LogP contribution in [0.25, 0.3) is 0 Å². The Bertz CT molecular complexity index is 1320. The Balaban J connectivity index is 1.42. The molecule has 3 aromatic rings. The number of hydrogen-bond donors (Lipinski definition) is 2. The number of carbonyl (C=O) groups is 2. The Morgan fingerprint density at radius 2 is 1.92 bits per heavy atom. The Kier molecular flexibility index (Phi) is 6.99. The van der Waals surface area contributed by atoms with E-state index in [4.69, 9.17) is 14.2 Å². The predicted molar refractivity (Wildman–Crippen MR) is 133 cm³/mol. The summed E-state index contributed by atoms with van der Waals surface area (Å²) in [6.07, 6.45) is 0. The van der Waals surface area contributed by atoms with Gasteiger partial charge in [-0.15, -0.1) is 0 Å². The maximum atomic E-state index is 13.4. The fourth-order valence-electron chi connectivity index (χ4n) is 4.35. The minimum Gasteiger partial charge on any atom is -0.493 e. The number of anilines is 2. The summed E-state index contributed by atoms with van der Waals surface area (Å²) in [6.45, 7) is 3.81. The first-order chi connectivity index (χ1) is 18.0. The number of tetrazole rings is 1. The average molecular weight is 506 g/mol. The lowest BCUT2D eigenvalue weighted by Gasteiger charge is -2.28. The molecule has 12 heteroatoms. The molecule has 192 valence electrons. The fourth-order valence-corrected chi connectivity index (χ4v) is 4.35. The molecule has 0 saturated carbocycles. The van der Waals surface area contributed by atoms with Crippen molar-refractivity contribution in [3.05, 3.63) is 65.4 Å². The standard InChI is InChI=1S/C25H27N7O5/c1-16-22(24(34)27-18-6-4-3-5-7-18)23(32-25(26-16)28-29-30-32)17-8-9-19(20(14-17)35-2)37-15-21(33)31-10-12-36-13-11-31/h3-9,14,23H,10-13,15H2,1-2H3,(H,27,34)(H,26,28,30). The van der Waals surface area contributed by atoms with Gasteiger partial charge in [-0.1, -0.05) is 29.4 Å². The predicted octanol–water partition coefficient (Wildman–Crippen LogP) is 1.85. The zero-order valence-electron chi connectivity index (χ0n) is 20.5. The molecule has 2 N–H and O–H groups in total. The van der Waals surface area contributed by atoms with E-state index < -0.39 is 6.04 Å². The van der Waals surface area contributed by atoms with Gasteiger partial charge in [0.25, 0.3) is 11.8 Å². The molecule has 3 heterocycles. The normalized spacial score (nSPS) is 17.0. The van der Waals surface area contributed by atoms with Crippen molar-refractivity contribution in [1.82, 2.24) is 25.1 Å². The average Bonchev–Trinajstić information content (AvgIpc) is 3.40. The van der Waals surface area contributed by atoms with Crippen molar-refractivity contribution < 1.29 is 23.8 Å². The monoisotopic (exact) mass is 505 g/mol. The highest BCUT2D eigenvalue weighted by Crippen LogP contribution is 2.38. The second kappa shape index (κ2) is 10.7. The van der Waals surface area contributed by atoms with Crippen molar-refractivity contribution in [1.29, 1.82) is 0 Å². The highest BCUT2D eigenvalue weighted by atomic mass is 16.5. The minimum absolute atomic E-state index is 0.121. The largest absolute Gasteiger partial charge is 0.493 e. The number of nitrogens with zero attached hydrogens (tertiary/aromatic N) is 5. The van der Waals surface area contributed by atoms with Gasteiger partial charge in [0.2, 0.25) is 5.95 Å². The number of aromatic nitrogens is 4. The molecular weight excluding hydrogens is 478 g/mol. The Hall–Kier alpha value is -4.45. The molecule has 2 aromatic carbocycles. The summed E-state index contributed by atoms with van der Waals surface area (Å²) in [5, 5.41) is 18.0. The number of hydrogen-bond acceptors (Lipinski definition) is 9. The number of allylic oxidation sites excluding steroid dienone is 1. The lowest BCUT2D eigenvalue weighted by molar-refractivity contribution is -0.137. The summed E-state index contributed by atoms with van der Waals surface area (Å²) in [6, 6.07) is 13.9. The number of carbonyl (C=O) groups excluding carboxylic acids is 2. The number of nitrogens with one attached hydrogen (secondary N) is 2. The topological polar surface area (TPSA) is 133 Å². The van der Waals surface area contributed by atoms with Gasteiger partial charge in [0.15, 0.2) is 18.1 Å². The summed E-state index contributed by atoms with van der Waals surface area (Å²) in [5.74, 6) is 0.826. The smallest absolute Gasteiger partial charge is 0.260 e. The highest BCUT2D eigenvalue weighted by Gasteiger charge is 2.34. The SMILES string of the molecule is COc1cc(C2C(C(=O)Nc3ccccc3)=C(C)Nc3nnnn32)ccc1OCC(=O)N1CCOCC1. The van der Waals surface area contributed by atoms with E-state index in [0.29, 0.717) is 66.3 Å². The van der Waals surface area contributed by atoms with Crippen LogP contribution in [-0.4, -0.2) is 76.9 Å². The van der Waals surface area contributed by atoms with Crippen molar-refractivity contribution in [2.45, 2.75) is 13.0 Å². The molecule has 1 saturated heterocycles. The van der Waals surface area contributed by atoms with E-state index in [1.54, 1.807) is 28.6 Å². The maximum absolute atomic E-state index is 13.4. The number of rotatable bonds is 7. The van der Waals surface area contributed by atoms with Crippen molar-refractivity contribution >= 4 is 23.5 Å². The zero-order chi connectivity index (χ0) is 25.8. The maximum Gasteiger partial charge on any atom is 0.260 e. The van der Waals surface area contributed by atoms with Crippen molar-refractivity contribution in [3.63, 3.8) is 0 Å². The number of fused-ring (bicyclic) bond motifs is 1. The van der Waals surface area contributed by atoms with Crippen LogP contribution >= 0.6 is 0 Å². The third-order valence-electron chi connectivity index (χ3n) is 6.21. The molecule has 5 rings (SSSR count). The second-order valence-corrected chi connectivity index (χ2v) is 8.53. The van der Waals surface area contributed by atoms with Gasteiger partial charge >= 0.3 is 0 Å². The first kappa shape index (κ1) is 24.3. The molecular formula is C25H27N7O5. The van der Waals surface area contributed by atoms with E-state index in [-0.39, 0.29) is 18.4 Å². The van der Waals surface area contributed by atoms with Crippen LogP contribution in [0.5, 0.6) is 11.5 Å². The number of benzene rings is 2. The molecule has 0 spiro atoms.